The van der Waals surface area contributed by atoms with E-state index in [0.29, 0.717) is 6.54 Å². The van der Waals surface area contributed by atoms with E-state index in [0.717, 1.165) is 5.56 Å². The van der Waals surface area contributed by atoms with E-state index in [-0.39, 0.29) is 36.1 Å². The Morgan fingerprint density at radius 3 is 2.38 bits per heavy atom. The molecular formula is C20H23N3O5S. The largest absolute Gasteiger partial charge is 0.340 e. The van der Waals surface area contributed by atoms with Crippen LogP contribution in [0.25, 0.3) is 0 Å². The normalized spacial score (nSPS) is 16.8. The van der Waals surface area contributed by atoms with Crippen molar-refractivity contribution in [3.63, 3.8) is 0 Å². The fourth-order valence-corrected chi connectivity index (χ4v) is 4.36. The second-order valence-corrected chi connectivity index (χ2v) is 9.32. The topological polar surface area (TPSA) is 106 Å². The number of aromatic nitrogens is 1. The molecule has 1 aromatic heterocycles. The predicted molar refractivity (Wildman–Crippen MR) is 108 cm³/mol. The van der Waals surface area contributed by atoms with Crippen molar-refractivity contribution in [3.05, 3.63) is 70.1 Å². The molecule has 29 heavy (non-hydrogen) atoms. The first-order valence-corrected chi connectivity index (χ1v) is 11.1. The van der Waals surface area contributed by atoms with Crippen LogP contribution in [0.15, 0.2) is 53.5 Å². The molecule has 0 saturated carbocycles. The lowest BCUT2D eigenvalue weighted by Gasteiger charge is -2.29. The number of pyridine rings is 1. The van der Waals surface area contributed by atoms with E-state index in [1.165, 1.54) is 22.5 Å². The van der Waals surface area contributed by atoms with Gasteiger partial charge in [-0.3, -0.25) is 14.4 Å². The van der Waals surface area contributed by atoms with Crippen LogP contribution in [0.5, 0.6) is 0 Å². The summed E-state index contributed by atoms with van der Waals surface area (Å²) < 4.78 is 24.5. The number of carbonyl (C=O) groups excluding carboxylic acids is 2. The fraction of sp³-hybridized carbons (Fsp3) is 0.350. The summed E-state index contributed by atoms with van der Waals surface area (Å²) in [4.78, 5) is 39.2. The van der Waals surface area contributed by atoms with Gasteiger partial charge in [-0.1, -0.05) is 30.3 Å². The van der Waals surface area contributed by atoms with Crippen LogP contribution in [-0.4, -0.2) is 60.3 Å². The smallest absolute Gasteiger partial charge is 0.263 e. The zero-order chi connectivity index (χ0) is 21.0. The zero-order valence-electron chi connectivity index (χ0n) is 16.1. The molecule has 1 saturated heterocycles. The SMILES string of the molecule is CC(NC(=O)c1cccn(Cc2ccccc2)c1=O)C(=O)N1CCS(=O)(=O)CC1. The zero-order valence-corrected chi connectivity index (χ0v) is 16.9. The number of rotatable bonds is 5. The van der Waals surface area contributed by atoms with Crippen molar-refractivity contribution in [1.82, 2.24) is 14.8 Å². The van der Waals surface area contributed by atoms with E-state index in [1.807, 2.05) is 30.3 Å². The molecule has 2 aromatic rings. The highest BCUT2D eigenvalue weighted by Gasteiger charge is 2.29. The van der Waals surface area contributed by atoms with Crippen LogP contribution in [0, 0.1) is 0 Å². The Kier molecular flexibility index (Phi) is 6.17. The van der Waals surface area contributed by atoms with Crippen molar-refractivity contribution in [2.45, 2.75) is 19.5 Å². The van der Waals surface area contributed by atoms with Gasteiger partial charge in [0, 0.05) is 19.3 Å². The minimum atomic E-state index is -3.10. The summed E-state index contributed by atoms with van der Waals surface area (Å²) in [5, 5.41) is 2.55. The number of nitrogens with one attached hydrogen (secondary N) is 1. The Morgan fingerprint density at radius 2 is 1.72 bits per heavy atom. The van der Waals surface area contributed by atoms with E-state index >= 15 is 0 Å². The van der Waals surface area contributed by atoms with Gasteiger partial charge in [0.25, 0.3) is 11.5 Å². The van der Waals surface area contributed by atoms with Crippen molar-refractivity contribution in [1.29, 1.82) is 0 Å². The average Bonchev–Trinajstić information content (AvgIpc) is 2.69. The van der Waals surface area contributed by atoms with Crippen LogP contribution < -0.4 is 10.9 Å². The molecule has 0 radical (unpaired) electrons. The second-order valence-electron chi connectivity index (χ2n) is 7.01. The first-order valence-electron chi connectivity index (χ1n) is 9.30. The van der Waals surface area contributed by atoms with Gasteiger partial charge in [0.05, 0.1) is 18.1 Å². The van der Waals surface area contributed by atoms with E-state index in [2.05, 4.69) is 5.32 Å². The van der Waals surface area contributed by atoms with Gasteiger partial charge in [-0.05, 0) is 24.6 Å². The molecule has 1 aromatic carbocycles. The summed E-state index contributed by atoms with van der Waals surface area (Å²) in [5.74, 6) is -1.17. The number of amides is 2. The molecule has 1 aliphatic rings. The standard InChI is InChI=1S/C20H23N3O5S/c1-15(19(25)22-10-12-29(27,28)13-11-22)21-18(24)17-8-5-9-23(20(17)26)14-16-6-3-2-4-7-16/h2-9,15H,10-14H2,1H3,(H,21,24). The van der Waals surface area contributed by atoms with Gasteiger partial charge in [-0.2, -0.15) is 0 Å². The summed E-state index contributed by atoms with van der Waals surface area (Å²) in [5.41, 5.74) is 0.428. The lowest BCUT2D eigenvalue weighted by atomic mass is 10.2. The second kappa shape index (κ2) is 8.60. The summed E-state index contributed by atoms with van der Waals surface area (Å²) in [6.07, 6.45) is 1.61. The monoisotopic (exact) mass is 417 g/mol. The van der Waals surface area contributed by atoms with Crippen LogP contribution in [-0.2, 0) is 21.2 Å². The molecule has 1 fully saturated rings. The Morgan fingerprint density at radius 1 is 1.07 bits per heavy atom. The van der Waals surface area contributed by atoms with Crippen LogP contribution in [0.2, 0.25) is 0 Å². The van der Waals surface area contributed by atoms with E-state index in [9.17, 15) is 22.8 Å². The predicted octanol–water partition coefficient (Wildman–Crippen LogP) is 0.272. The van der Waals surface area contributed by atoms with Crippen molar-refractivity contribution >= 4 is 21.7 Å². The summed E-state index contributed by atoms with van der Waals surface area (Å²) >= 11 is 0. The third-order valence-electron chi connectivity index (χ3n) is 4.83. The molecule has 1 unspecified atom stereocenters. The maximum absolute atomic E-state index is 12.7. The van der Waals surface area contributed by atoms with E-state index in [4.69, 9.17) is 0 Å². The average molecular weight is 417 g/mol. The third-order valence-corrected chi connectivity index (χ3v) is 6.44. The molecule has 1 N–H and O–H groups in total. The van der Waals surface area contributed by atoms with Crippen molar-refractivity contribution in [2.75, 3.05) is 24.6 Å². The van der Waals surface area contributed by atoms with Crippen molar-refractivity contribution in [2.24, 2.45) is 0 Å². The number of benzene rings is 1. The maximum atomic E-state index is 12.7. The fourth-order valence-electron chi connectivity index (χ4n) is 3.16. The van der Waals surface area contributed by atoms with E-state index in [1.54, 1.807) is 12.3 Å². The maximum Gasteiger partial charge on any atom is 0.263 e. The highest BCUT2D eigenvalue weighted by molar-refractivity contribution is 7.91. The Bertz CT molecular complexity index is 1050. The number of carbonyl (C=O) groups is 2. The minimum Gasteiger partial charge on any atom is -0.340 e. The number of hydrogen-bond donors (Lipinski definition) is 1. The molecule has 9 heteroatoms. The van der Waals surface area contributed by atoms with Crippen molar-refractivity contribution < 1.29 is 18.0 Å². The van der Waals surface area contributed by atoms with Gasteiger partial charge in [-0.25, -0.2) is 8.42 Å². The Labute approximate surface area is 169 Å². The molecule has 2 heterocycles. The van der Waals surface area contributed by atoms with Crippen LogP contribution in [0.4, 0.5) is 0 Å². The van der Waals surface area contributed by atoms with Crippen molar-refractivity contribution in [3.8, 4) is 0 Å². The molecular weight excluding hydrogens is 394 g/mol. The molecule has 154 valence electrons. The Balaban J connectivity index is 1.68. The molecule has 8 nitrogen and oxygen atoms in total. The Hall–Kier alpha value is -2.94. The lowest BCUT2D eigenvalue weighted by Crippen LogP contribution is -2.52. The number of sulfone groups is 1. The highest BCUT2D eigenvalue weighted by Crippen LogP contribution is 2.06. The molecule has 0 spiro atoms. The van der Waals surface area contributed by atoms with Crippen LogP contribution in [0.3, 0.4) is 0 Å². The molecule has 3 rings (SSSR count). The first-order chi connectivity index (χ1) is 13.8. The molecule has 0 bridgehead atoms. The molecule has 1 aliphatic heterocycles. The van der Waals surface area contributed by atoms with Gasteiger partial charge in [0.1, 0.15) is 11.6 Å². The molecule has 0 aliphatic carbocycles. The summed E-state index contributed by atoms with van der Waals surface area (Å²) in [7, 11) is -3.10. The highest BCUT2D eigenvalue weighted by atomic mass is 32.2. The van der Waals surface area contributed by atoms with Gasteiger partial charge in [0.15, 0.2) is 9.84 Å². The molecule has 2 amide bonds. The van der Waals surface area contributed by atoms with Gasteiger partial charge in [0.2, 0.25) is 5.91 Å². The van der Waals surface area contributed by atoms with Gasteiger partial charge >= 0.3 is 0 Å². The molecule has 1 atom stereocenters. The third kappa shape index (κ3) is 5.11. The van der Waals surface area contributed by atoms with Crippen LogP contribution >= 0.6 is 0 Å². The summed E-state index contributed by atoms with van der Waals surface area (Å²) in [6, 6.07) is 11.6. The quantitative estimate of drug-likeness (QED) is 0.752. The minimum absolute atomic E-state index is 0.0516. The number of hydrogen-bond acceptors (Lipinski definition) is 5. The first kappa shape index (κ1) is 20.8. The van der Waals surface area contributed by atoms with Crippen LogP contribution in [0.1, 0.15) is 22.8 Å². The van der Waals surface area contributed by atoms with Gasteiger partial charge < -0.3 is 14.8 Å². The summed E-state index contributed by atoms with van der Waals surface area (Å²) in [6.45, 7) is 2.07. The van der Waals surface area contributed by atoms with E-state index < -0.39 is 27.3 Å². The number of nitrogens with zero attached hydrogens (tertiary/aromatic N) is 2. The lowest BCUT2D eigenvalue weighted by molar-refractivity contribution is -0.132. The van der Waals surface area contributed by atoms with Gasteiger partial charge in [-0.15, -0.1) is 0 Å².